The molecule has 0 aliphatic heterocycles. The van der Waals surface area contributed by atoms with Gasteiger partial charge in [0.05, 0.1) is 21.8 Å². The lowest BCUT2D eigenvalue weighted by Gasteiger charge is -2.09. The first-order chi connectivity index (χ1) is 35.0. The molecule has 8 aromatic carbocycles. The van der Waals surface area contributed by atoms with Gasteiger partial charge in [-0.1, -0.05) is 72.8 Å². The molecule has 0 aliphatic carbocycles. The van der Waals surface area contributed by atoms with E-state index in [1.54, 1.807) is 0 Å². The van der Waals surface area contributed by atoms with Crippen molar-refractivity contribution in [2.75, 3.05) is 0 Å². The summed E-state index contributed by atoms with van der Waals surface area (Å²) in [7, 11) is -18.5. The van der Waals surface area contributed by atoms with Gasteiger partial charge in [0.2, 0.25) is 0 Å². The molecule has 0 aliphatic rings. The van der Waals surface area contributed by atoms with E-state index < -0.39 is 46.9 Å². The lowest BCUT2D eigenvalue weighted by molar-refractivity contribution is -0.597. The maximum absolute atomic E-state index is 10.7. The van der Waals surface area contributed by atoms with Gasteiger partial charge in [-0.2, -0.15) is 39.5 Å². The largest absolute Gasteiger partial charge is 0.741 e. The molecule has 0 fully saturated rings. The van der Waals surface area contributed by atoms with Crippen LogP contribution in [0.4, 0.5) is 39.5 Å². The molecule has 0 spiro atoms. The summed E-state index contributed by atoms with van der Waals surface area (Å²) in [4.78, 5) is 8.03. The fourth-order valence-corrected chi connectivity index (χ4v) is 12.5. The van der Waals surface area contributed by atoms with E-state index in [9.17, 15) is 39.5 Å². The first-order valence-electron chi connectivity index (χ1n) is 20.8. The zero-order valence-electron chi connectivity index (χ0n) is 37.8. The summed E-state index contributed by atoms with van der Waals surface area (Å²) in [5, 5.41) is 0. The van der Waals surface area contributed by atoms with Crippen molar-refractivity contribution in [3.8, 4) is 22.3 Å². The van der Waals surface area contributed by atoms with Crippen LogP contribution < -0.4 is 21.2 Å². The van der Waals surface area contributed by atoms with Crippen molar-refractivity contribution in [2.45, 2.75) is 45.9 Å². The number of hydrogen-bond donors (Lipinski definition) is 0. The highest BCUT2D eigenvalue weighted by Gasteiger charge is 2.38. The highest BCUT2D eigenvalue weighted by molar-refractivity contribution is 7.97. The molecule has 75 heavy (non-hydrogen) atoms. The monoisotopic (exact) mass is 1250 g/mol. The van der Waals surface area contributed by atoms with Crippen molar-refractivity contribution in [3.63, 3.8) is 0 Å². The summed E-state index contributed by atoms with van der Waals surface area (Å²) in [6.45, 7) is 0. The van der Waals surface area contributed by atoms with E-state index in [-0.39, 0.29) is 43.0 Å². The van der Waals surface area contributed by atoms with Crippen LogP contribution in [0, 0.1) is 7.14 Å². The molecular formula is C51H36F9IO9S5. The van der Waals surface area contributed by atoms with Crippen LogP contribution in [-0.4, -0.2) is 55.4 Å². The van der Waals surface area contributed by atoms with E-state index in [0.29, 0.717) is 0 Å². The van der Waals surface area contributed by atoms with Gasteiger partial charge in [0.15, 0.2) is 66.9 Å². The molecular weight excluding hydrogens is 1210 g/mol. The topological polar surface area (TPSA) is 172 Å². The average Bonchev–Trinajstić information content (AvgIpc) is 3.35. The summed E-state index contributed by atoms with van der Waals surface area (Å²) in [5.41, 5.74) is -11.9. The Morgan fingerprint density at radius 1 is 0.280 bits per heavy atom. The second-order valence-corrected chi connectivity index (χ2v) is 25.9. The van der Waals surface area contributed by atoms with Gasteiger partial charge >= 0.3 is 37.7 Å². The smallest absolute Gasteiger partial charge is 0.485 e. The molecule has 8 rings (SSSR count). The molecule has 0 N–H and O–H groups in total. The third kappa shape index (κ3) is 18.0. The van der Waals surface area contributed by atoms with Crippen molar-refractivity contribution in [2.24, 2.45) is 0 Å². The zero-order chi connectivity index (χ0) is 55.2. The first kappa shape index (κ1) is 60.2. The molecule has 0 bridgehead atoms. The predicted molar refractivity (Wildman–Crippen MR) is 259 cm³/mol. The normalized spacial score (nSPS) is 12.1. The fourth-order valence-electron chi connectivity index (χ4n) is 6.15. The van der Waals surface area contributed by atoms with Gasteiger partial charge in [0.1, 0.15) is 0 Å². The molecule has 24 heteroatoms. The highest BCUT2D eigenvalue weighted by atomic mass is 127. The number of halogens is 10. The van der Waals surface area contributed by atoms with Crippen LogP contribution in [0.2, 0.25) is 0 Å². The standard InChI is InChI=1S/C48H36IS2.3CHF3O3S/c1-5-13-43(14-6-1)50(44-15-7-2-8-16-44)47-33-25-39(26-34-47)37-21-29-41(30-22-37)49-42-31-23-38(24-32-42)40-27-35-48(36-28-40)51(45-17-9-3-10-18-45)46-19-11-4-12-20-46;3*2-1(3,4)8(5,6)7/h1-36H;3*(H,5,6,7)/q+3;;;/p-3. The van der Waals surface area contributed by atoms with Gasteiger partial charge in [-0.3, -0.25) is 0 Å². The molecule has 0 saturated carbocycles. The van der Waals surface area contributed by atoms with Crippen LogP contribution in [0.3, 0.4) is 0 Å². The molecule has 0 heterocycles. The van der Waals surface area contributed by atoms with Crippen molar-refractivity contribution in [1.29, 1.82) is 0 Å². The lowest BCUT2D eigenvalue weighted by atomic mass is 10.1. The van der Waals surface area contributed by atoms with E-state index in [1.165, 1.54) is 58.8 Å². The van der Waals surface area contributed by atoms with Crippen LogP contribution in [0.5, 0.6) is 0 Å². The minimum Gasteiger partial charge on any atom is -0.741 e. The van der Waals surface area contributed by atoms with E-state index in [0.717, 1.165) is 0 Å². The number of rotatable bonds is 10. The zero-order valence-corrected chi connectivity index (χ0v) is 44.0. The van der Waals surface area contributed by atoms with Gasteiger partial charge in [0.25, 0.3) is 0 Å². The lowest BCUT2D eigenvalue weighted by Crippen LogP contribution is -3.61. The molecule has 8 aromatic rings. The Morgan fingerprint density at radius 2 is 0.440 bits per heavy atom. The van der Waals surface area contributed by atoms with Gasteiger partial charge in [-0.15, -0.1) is 0 Å². The Kier molecular flexibility index (Phi) is 20.8. The first-order valence-corrected chi connectivity index (χ1v) is 29.7. The van der Waals surface area contributed by atoms with Crippen LogP contribution in [0.25, 0.3) is 22.3 Å². The maximum atomic E-state index is 10.7. The van der Waals surface area contributed by atoms with Gasteiger partial charge in [-0.05, 0) is 168 Å². The number of alkyl halides is 9. The highest BCUT2D eigenvalue weighted by Crippen LogP contribution is 2.34. The Bertz CT molecular complexity index is 3050. The Balaban J connectivity index is 0.000000359. The predicted octanol–water partition coefficient (Wildman–Crippen LogP) is 9.49. The van der Waals surface area contributed by atoms with E-state index in [2.05, 4.69) is 218 Å². The van der Waals surface area contributed by atoms with Crippen LogP contribution in [-0.2, 0) is 52.1 Å². The molecule has 0 atom stereocenters. The van der Waals surface area contributed by atoms with Crippen molar-refractivity contribution < 1.29 is 99.6 Å². The van der Waals surface area contributed by atoms with Gasteiger partial charge in [0, 0.05) is 0 Å². The Labute approximate surface area is 442 Å². The van der Waals surface area contributed by atoms with Crippen LogP contribution in [0.1, 0.15) is 0 Å². The summed E-state index contributed by atoms with van der Waals surface area (Å²) < 4.78 is 180. The maximum Gasteiger partial charge on any atom is 0.485 e. The third-order valence-corrected chi connectivity index (χ3v) is 18.4. The SMILES string of the molecule is O=S(=O)([O-])C(F)(F)F.O=S(=O)([O-])C(F)(F)F.O=S(=O)([O-])C(F)(F)F.c1ccc([S+](c2ccccc2)c2ccc(-c3ccc([I+]c4ccc(-c5ccc([S+](c6ccccc6)c6ccccc6)cc5)cc4)cc3)cc2)cc1. The molecule has 394 valence electrons. The summed E-state index contributed by atoms with van der Waals surface area (Å²) >= 11 is -0.268. The van der Waals surface area contributed by atoms with E-state index >= 15 is 0 Å². The van der Waals surface area contributed by atoms with Crippen molar-refractivity contribution >= 4 is 52.1 Å². The summed E-state index contributed by atoms with van der Waals surface area (Å²) in [5.74, 6) is 0. The quantitative estimate of drug-likeness (QED) is 0.0425. The average molecular weight is 1250 g/mol. The summed E-state index contributed by atoms with van der Waals surface area (Å²) in [6, 6.07) is 80.1. The van der Waals surface area contributed by atoms with Gasteiger partial charge < -0.3 is 13.7 Å². The number of benzene rings is 8. The van der Waals surface area contributed by atoms with Crippen molar-refractivity contribution in [1.82, 2.24) is 0 Å². The number of hydrogen-bond acceptors (Lipinski definition) is 9. The molecule has 0 aromatic heterocycles. The Morgan fingerprint density at radius 3 is 0.613 bits per heavy atom. The van der Waals surface area contributed by atoms with Crippen molar-refractivity contribution in [3.05, 3.63) is 226 Å². The van der Waals surface area contributed by atoms with Crippen LogP contribution >= 0.6 is 0 Å². The second-order valence-electron chi connectivity index (χ2n) is 14.7. The fraction of sp³-hybridized carbons (Fsp3) is 0.0588. The molecule has 0 unspecified atom stereocenters. The molecule has 0 radical (unpaired) electrons. The minimum atomic E-state index is -6.09. The molecule has 0 amide bonds. The van der Waals surface area contributed by atoms with E-state index in [4.69, 9.17) is 38.9 Å². The second kappa shape index (κ2) is 25.9. The van der Waals surface area contributed by atoms with E-state index in [1.807, 2.05) is 0 Å². The molecule has 9 nitrogen and oxygen atoms in total. The third-order valence-electron chi connectivity index (χ3n) is 9.52. The minimum absolute atomic E-state index is 0.133. The molecule has 0 saturated heterocycles. The Hall–Kier alpha value is -5.71. The van der Waals surface area contributed by atoms with Gasteiger partial charge in [-0.25, -0.2) is 25.3 Å². The van der Waals surface area contributed by atoms with Crippen LogP contribution in [0.15, 0.2) is 248 Å². The summed E-state index contributed by atoms with van der Waals surface area (Å²) in [6.07, 6.45) is 0.